The van der Waals surface area contributed by atoms with Crippen LogP contribution in [0.25, 0.3) is 5.76 Å². The number of carboxylic acid groups (broad SMARTS) is 1. The molecular formula is C54H53N4O15+. The van der Waals surface area contributed by atoms with Gasteiger partial charge in [0.1, 0.15) is 58.3 Å². The molecule has 0 spiro atoms. The number of amidine groups is 1. The highest BCUT2D eigenvalue weighted by molar-refractivity contribution is 6.15. The Hall–Kier alpha value is -7.39. The molecule has 0 radical (unpaired) electrons. The number of nitrogens with two attached hydrogens (primary N) is 1. The maximum Gasteiger partial charge on any atom is 0.336 e. The Balaban J connectivity index is 1.01. The third kappa shape index (κ3) is 7.94. The fourth-order valence-corrected chi connectivity index (χ4v) is 11.6. The van der Waals surface area contributed by atoms with Crippen molar-refractivity contribution in [2.24, 2.45) is 20.9 Å². The van der Waals surface area contributed by atoms with Crippen molar-refractivity contribution in [2.75, 3.05) is 13.2 Å². The lowest BCUT2D eigenvalue weighted by Gasteiger charge is -2.59. The molecule has 2 bridgehead atoms. The Kier molecular flexibility index (Phi) is 12.0. The van der Waals surface area contributed by atoms with Crippen molar-refractivity contribution in [1.29, 1.82) is 0 Å². The number of hydrogen-bond donors (Lipinski definition) is 10. The van der Waals surface area contributed by atoms with E-state index in [1.54, 1.807) is 42.5 Å². The van der Waals surface area contributed by atoms with Crippen molar-refractivity contribution >= 4 is 35.3 Å². The van der Waals surface area contributed by atoms with Crippen LogP contribution < -0.4 is 24.4 Å². The Morgan fingerprint density at radius 3 is 2.40 bits per heavy atom. The summed E-state index contributed by atoms with van der Waals surface area (Å²) in [7, 11) is 0. The first-order chi connectivity index (χ1) is 35.1. The van der Waals surface area contributed by atoms with Gasteiger partial charge in [-0.1, -0.05) is 54.1 Å². The van der Waals surface area contributed by atoms with Crippen LogP contribution in [-0.2, 0) is 28.0 Å². The van der Waals surface area contributed by atoms with E-state index in [4.69, 9.17) is 29.1 Å². The van der Waals surface area contributed by atoms with Crippen LogP contribution in [-0.4, -0.2) is 131 Å². The predicted octanol–water partition coefficient (Wildman–Crippen LogP) is 2.86. The molecule has 11 rings (SSSR count). The molecule has 9 atom stereocenters. The van der Waals surface area contributed by atoms with Gasteiger partial charge in [0.25, 0.3) is 0 Å². The maximum atomic E-state index is 13.5. The van der Waals surface area contributed by atoms with Gasteiger partial charge in [0.05, 0.1) is 24.8 Å². The van der Waals surface area contributed by atoms with Gasteiger partial charge >= 0.3 is 11.8 Å². The molecule has 19 nitrogen and oxygen atoms in total. The summed E-state index contributed by atoms with van der Waals surface area (Å²) in [5.74, 6) is -4.45. The monoisotopic (exact) mass is 997 g/mol. The maximum absolute atomic E-state index is 13.5. The number of benzene rings is 4. The molecule has 0 amide bonds. The zero-order valence-corrected chi connectivity index (χ0v) is 39.1. The smallest absolute Gasteiger partial charge is 0.336 e. The first-order valence-electron chi connectivity index (χ1n) is 24.1. The number of carbonyl (C=O) groups is 1. The van der Waals surface area contributed by atoms with E-state index in [9.17, 15) is 50.8 Å². The van der Waals surface area contributed by atoms with Crippen molar-refractivity contribution in [3.8, 4) is 34.5 Å². The summed E-state index contributed by atoms with van der Waals surface area (Å²) in [6.45, 7) is -0.556. The van der Waals surface area contributed by atoms with E-state index in [-0.39, 0.29) is 76.5 Å². The standard InChI is InChI=1S/C54H52N4O15/c55-42-17-16-35(58-42)45(62)41(25-59)69-32-13-10-28(11-14-32)38-22-37(61)43-39(70-38)23-40(47(46(43)63)73-52(18-3-4-19-52)30-8-5-9-31(60)21-30)71-51-53(67)34-15-12-27-6-1-2-7-29(27)20-33(34)44(36-24-56-26-57-36)54(68,50(53)66)48(72-51)49(64)65/h1-2,5-11,13-14,16-17,21-23,26,38,41,44-45,48,50-51,55,59-63,66-68H,3-4,12,15,18-20,24-25H2,(H,64,65)/p+1/t38?,41-,44+,45+,48+,50-,51+,53+,54-/m0/s1. The number of nitrogens with zero attached hydrogens (tertiary/aromatic N) is 3. The summed E-state index contributed by atoms with van der Waals surface area (Å²) < 4.78 is 32.2. The van der Waals surface area contributed by atoms with E-state index in [1.165, 1.54) is 36.7 Å². The van der Waals surface area contributed by atoms with Gasteiger partial charge in [0, 0.05) is 18.2 Å². The molecule has 4 aromatic rings. The summed E-state index contributed by atoms with van der Waals surface area (Å²) in [5, 5.41) is 111. The Morgan fingerprint density at radius 1 is 0.945 bits per heavy atom. The molecule has 4 heterocycles. The van der Waals surface area contributed by atoms with Crippen LogP contribution in [0.2, 0.25) is 0 Å². The number of aliphatic imine (C=N–C) groups is 3. The van der Waals surface area contributed by atoms with Crippen LogP contribution in [0.1, 0.15) is 66.0 Å². The van der Waals surface area contributed by atoms with Crippen LogP contribution in [0.5, 0.6) is 34.5 Å². The number of phenolic OH excluding ortho intramolecular Hbond substituents is 2. The van der Waals surface area contributed by atoms with Gasteiger partial charge < -0.3 is 69.6 Å². The molecule has 73 heavy (non-hydrogen) atoms. The van der Waals surface area contributed by atoms with E-state index in [1.807, 2.05) is 24.3 Å². The SMILES string of the molecule is [NH2+]=C1C=CC([C@@H](O)[C@H](CO)Oc2ccc(C3C=C(O)c4c(cc(O[C@@H]5O[C@H](C(=O)O)[C@@]6(O)[C@@H](C7=NC=NC7)C7=C(CCc8ccccc8C7)[C@@]5(O)[C@@H]6O)c(OC5(c6cccc(O)c6)CCCC5)c4O)O3)cc2)=N1. The highest BCUT2D eigenvalue weighted by Gasteiger charge is 2.73. The molecule has 19 heteroatoms. The van der Waals surface area contributed by atoms with Crippen LogP contribution in [0.15, 0.2) is 123 Å². The van der Waals surface area contributed by atoms with Gasteiger partial charge in [-0.25, -0.2) is 9.79 Å². The topological polar surface area (TPSA) is 308 Å². The number of rotatable bonds is 13. The number of aliphatic carboxylic acids is 1. The highest BCUT2D eigenvalue weighted by atomic mass is 16.7. The van der Waals surface area contributed by atoms with Gasteiger partial charge in [0.15, 0.2) is 41.1 Å². The van der Waals surface area contributed by atoms with Crippen LogP contribution in [0.4, 0.5) is 0 Å². The molecular weight excluding hydrogens is 945 g/mol. The Morgan fingerprint density at radius 2 is 1.71 bits per heavy atom. The minimum absolute atomic E-state index is 0.00279. The van der Waals surface area contributed by atoms with E-state index in [2.05, 4.69) is 15.0 Å². The van der Waals surface area contributed by atoms with Crippen molar-refractivity contribution in [3.05, 3.63) is 136 Å². The van der Waals surface area contributed by atoms with E-state index < -0.39 is 83.6 Å². The average molecular weight is 998 g/mol. The lowest BCUT2D eigenvalue weighted by Crippen LogP contribution is -2.80. The Bertz CT molecular complexity index is 3100. The first kappa shape index (κ1) is 47.9. The second-order valence-corrected chi connectivity index (χ2v) is 19.4. The summed E-state index contributed by atoms with van der Waals surface area (Å²) >= 11 is 0. The number of fused-ring (bicyclic) bond motifs is 5. The molecule has 378 valence electrons. The molecule has 4 aromatic carbocycles. The molecule has 2 fully saturated rings. The largest absolute Gasteiger partial charge is 0.508 e. The summed E-state index contributed by atoms with van der Waals surface area (Å²) in [4.78, 5) is 26.2. The number of aliphatic hydroxyl groups is 6. The van der Waals surface area contributed by atoms with E-state index in [0.717, 1.165) is 11.1 Å². The number of aryl methyl sites for hydroxylation is 1. The lowest BCUT2D eigenvalue weighted by molar-refractivity contribution is -0.342. The fraction of sp³-hybridized carbons (Fsp3) is 0.352. The van der Waals surface area contributed by atoms with E-state index >= 15 is 0 Å². The third-order valence-electron chi connectivity index (χ3n) is 15.2. The molecule has 1 saturated carbocycles. The zero-order chi connectivity index (χ0) is 51.0. The fourth-order valence-electron chi connectivity index (χ4n) is 11.6. The number of hydrogen-bond acceptors (Lipinski definition) is 16. The number of carboxylic acids is 1. The quantitative estimate of drug-likeness (QED) is 0.0862. The summed E-state index contributed by atoms with van der Waals surface area (Å²) in [5.41, 5.74) is -2.76. The first-order valence-corrected chi connectivity index (χ1v) is 24.1. The van der Waals surface area contributed by atoms with Crippen molar-refractivity contribution in [2.45, 2.75) is 98.6 Å². The third-order valence-corrected chi connectivity index (χ3v) is 15.2. The number of phenols is 2. The molecule has 0 aromatic heterocycles. The van der Waals surface area contributed by atoms with Crippen molar-refractivity contribution < 1.29 is 79.8 Å². The van der Waals surface area contributed by atoms with Crippen LogP contribution in [0.3, 0.4) is 0 Å². The van der Waals surface area contributed by atoms with Gasteiger partial charge in [-0.2, -0.15) is 0 Å². The summed E-state index contributed by atoms with van der Waals surface area (Å²) in [6.07, 6.45) is -1.50. The predicted molar refractivity (Wildman–Crippen MR) is 261 cm³/mol. The number of aromatic hydroxyl groups is 2. The number of ether oxygens (including phenoxy) is 5. The minimum Gasteiger partial charge on any atom is -0.508 e. The van der Waals surface area contributed by atoms with Gasteiger partial charge in [-0.05, 0) is 108 Å². The second-order valence-electron chi connectivity index (χ2n) is 19.4. The van der Waals surface area contributed by atoms with Gasteiger partial charge in [-0.3, -0.25) is 10.4 Å². The summed E-state index contributed by atoms with van der Waals surface area (Å²) in [6, 6.07) is 21.7. The van der Waals surface area contributed by atoms with Crippen molar-refractivity contribution in [1.82, 2.24) is 0 Å². The second kappa shape index (κ2) is 18.3. The minimum atomic E-state index is -2.71. The Labute approximate surface area is 417 Å². The van der Waals surface area contributed by atoms with Crippen LogP contribution in [0, 0.1) is 5.92 Å². The molecule has 3 aliphatic carbocycles. The zero-order valence-electron chi connectivity index (χ0n) is 39.1. The van der Waals surface area contributed by atoms with Crippen molar-refractivity contribution in [3.63, 3.8) is 0 Å². The lowest BCUT2D eigenvalue weighted by atomic mass is 9.57. The van der Waals surface area contributed by atoms with Crippen LogP contribution >= 0.6 is 0 Å². The highest BCUT2D eigenvalue weighted by Crippen LogP contribution is 2.58. The normalized spacial score (nSPS) is 28.4. The molecule has 4 aliphatic heterocycles. The van der Waals surface area contributed by atoms with Gasteiger partial charge in [0.2, 0.25) is 12.0 Å². The van der Waals surface area contributed by atoms with Gasteiger partial charge in [-0.15, -0.1) is 0 Å². The molecule has 1 saturated heterocycles. The average Bonchev–Trinajstić information content (AvgIpc) is 4.16. The van der Waals surface area contributed by atoms with E-state index in [0.29, 0.717) is 48.8 Å². The molecule has 7 aliphatic rings. The number of aliphatic hydroxyl groups excluding tert-OH is 4. The molecule has 11 N–H and O–H groups in total. The molecule has 1 unspecified atom stereocenters.